The van der Waals surface area contributed by atoms with Gasteiger partial charge >= 0.3 is 12.2 Å². The molecular formula is C19H27N2O6-. The second kappa shape index (κ2) is 11.1. The quantitative estimate of drug-likeness (QED) is 0.631. The topological polar surface area (TPSA) is 117 Å². The molecule has 1 aromatic carbocycles. The molecule has 150 valence electrons. The van der Waals surface area contributed by atoms with E-state index in [1.807, 2.05) is 18.2 Å². The number of alkyl carbamates (subject to hydrolysis) is 2. The van der Waals surface area contributed by atoms with Gasteiger partial charge in [0.2, 0.25) is 0 Å². The van der Waals surface area contributed by atoms with Gasteiger partial charge in [0.1, 0.15) is 12.2 Å². The molecule has 0 spiro atoms. The average molecular weight is 379 g/mol. The fourth-order valence-corrected chi connectivity index (χ4v) is 2.13. The SMILES string of the molecule is CC(C)(C)OC(=O)NCCCC[C@@H](NC(=O)OCc1ccccc1)C(=O)[O-]. The summed E-state index contributed by atoms with van der Waals surface area (Å²) in [6.45, 7) is 5.68. The second-order valence-corrected chi connectivity index (χ2v) is 7.00. The Balaban J connectivity index is 2.26. The number of unbranched alkanes of at least 4 members (excludes halogenated alkanes) is 1. The van der Waals surface area contributed by atoms with Crippen molar-refractivity contribution in [2.45, 2.75) is 58.3 Å². The Labute approximate surface area is 159 Å². The first-order valence-corrected chi connectivity index (χ1v) is 8.82. The van der Waals surface area contributed by atoms with E-state index in [2.05, 4.69) is 10.6 Å². The first-order valence-electron chi connectivity index (χ1n) is 8.82. The van der Waals surface area contributed by atoms with Gasteiger partial charge in [-0.1, -0.05) is 30.3 Å². The number of hydrogen-bond donors (Lipinski definition) is 2. The maximum atomic E-state index is 11.7. The molecule has 8 nitrogen and oxygen atoms in total. The van der Waals surface area contributed by atoms with E-state index in [9.17, 15) is 19.5 Å². The van der Waals surface area contributed by atoms with Gasteiger partial charge in [0.05, 0.1) is 12.0 Å². The van der Waals surface area contributed by atoms with E-state index in [0.717, 1.165) is 5.56 Å². The highest BCUT2D eigenvalue weighted by Gasteiger charge is 2.16. The van der Waals surface area contributed by atoms with Crippen molar-refractivity contribution in [2.75, 3.05) is 6.54 Å². The Morgan fingerprint density at radius 3 is 2.33 bits per heavy atom. The normalized spacial score (nSPS) is 12.0. The summed E-state index contributed by atoms with van der Waals surface area (Å²) in [5.41, 5.74) is 0.222. The zero-order chi connectivity index (χ0) is 20.3. The van der Waals surface area contributed by atoms with E-state index in [1.165, 1.54) is 0 Å². The standard InChI is InChI=1S/C19H28N2O6/c1-19(2,3)27-17(24)20-12-8-7-11-15(16(22)23)21-18(25)26-13-14-9-5-4-6-10-14/h4-6,9-10,15H,7-8,11-13H2,1-3H3,(H,20,24)(H,21,25)(H,22,23)/p-1/t15-/m1/s1. The molecule has 1 atom stereocenters. The van der Waals surface area contributed by atoms with Crippen LogP contribution in [0.15, 0.2) is 30.3 Å². The minimum Gasteiger partial charge on any atom is -0.548 e. The summed E-state index contributed by atoms with van der Waals surface area (Å²) >= 11 is 0. The Morgan fingerprint density at radius 2 is 1.74 bits per heavy atom. The second-order valence-electron chi connectivity index (χ2n) is 7.00. The molecule has 2 N–H and O–H groups in total. The molecule has 1 rings (SSSR count). The molecule has 27 heavy (non-hydrogen) atoms. The lowest BCUT2D eigenvalue weighted by Crippen LogP contribution is -2.48. The highest BCUT2D eigenvalue weighted by Crippen LogP contribution is 2.07. The number of carboxylic acids is 1. The number of rotatable bonds is 9. The number of ether oxygens (including phenoxy) is 2. The maximum absolute atomic E-state index is 11.7. The number of carboxylic acid groups (broad SMARTS) is 1. The zero-order valence-electron chi connectivity index (χ0n) is 15.9. The van der Waals surface area contributed by atoms with E-state index in [-0.39, 0.29) is 13.0 Å². The van der Waals surface area contributed by atoms with Gasteiger partial charge < -0.3 is 30.0 Å². The van der Waals surface area contributed by atoms with Gasteiger partial charge in [-0.15, -0.1) is 0 Å². The zero-order valence-corrected chi connectivity index (χ0v) is 15.9. The van der Waals surface area contributed by atoms with Crippen LogP contribution in [0.3, 0.4) is 0 Å². The van der Waals surface area contributed by atoms with E-state index < -0.39 is 29.8 Å². The summed E-state index contributed by atoms with van der Waals surface area (Å²) in [5.74, 6) is -1.38. The summed E-state index contributed by atoms with van der Waals surface area (Å²) in [7, 11) is 0. The van der Waals surface area contributed by atoms with E-state index in [4.69, 9.17) is 9.47 Å². The predicted octanol–water partition coefficient (Wildman–Crippen LogP) is 1.73. The van der Waals surface area contributed by atoms with Crippen molar-refractivity contribution in [3.05, 3.63) is 35.9 Å². The monoisotopic (exact) mass is 379 g/mol. The number of carbonyl (C=O) groups is 3. The number of amides is 2. The highest BCUT2D eigenvalue weighted by atomic mass is 16.6. The van der Waals surface area contributed by atoms with Crippen LogP contribution in [0.5, 0.6) is 0 Å². The van der Waals surface area contributed by atoms with Crippen molar-refractivity contribution in [3.63, 3.8) is 0 Å². The molecule has 0 aliphatic carbocycles. The smallest absolute Gasteiger partial charge is 0.407 e. The molecular weight excluding hydrogens is 352 g/mol. The molecule has 0 bridgehead atoms. The molecule has 0 heterocycles. The average Bonchev–Trinajstić information content (AvgIpc) is 2.57. The molecule has 0 aliphatic rings. The van der Waals surface area contributed by atoms with Crippen LogP contribution in [0.25, 0.3) is 0 Å². The van der Waals surface area contributed by atoms with Gasteiger partial charge in [-0.3, -0.25) is 0 Å². The van der Waals surface area contributed by atoms with E-state index in [0.29, 0.717) is 19.4 Å². The van der Waals surface area contributed by atoms with Crippen molar-refractivity contribution in [2.24, 2.45) is 0 Å². The van der Waals surface area contributed by atoms with Crippen molar-refractivity contribution in [3.8, 4) is 0 Å². The molecule has 0 unspecified atom stereocenters. The van der Waals surface area contributed by atoms with Crippen LogP contribution in [0.1, 0.15) is 45.6 Å². The van der Waals surface area contributed by atoms with Gasteiger partial charge in [-0.25, -0.2) is 9.59 Å². The number of aliphatic carboxylic acids is 1. The van der Waals surface area contributed by atoms with Crippen LogP contribution in [-0.4, -0.2) is 36.3 Å². The lowest BCUT2D eigenvalue weighted by Gasteiger charge is -2.20. The van der Waals surface area contributed by atoms with E-state index in [1.54, 1.807) is 32.9 Å². The molecule has 0 aromatic heterocycles. The molecule has 1 aromatic rings. The maximum Gasteiger partial charge on any atom is 0.407 e. The lowest BCUT2D eigenvalue weighted by molar-refractivity contribution is -0.308. The summed E-state index contributed by atoms with van der Waals surface area (Å²) in [6.07, 6.45) is -0.183. The third kappa shape index (κ3) is 10.7. The fourth-order valence-electron chi connectivity index (χ4n) is 2.13. The summed E-state index contributed by atoms with van der Waals surface area (Å²) in [4.78, 5) is 34.4. The molecule has 2 amide bonds. The lowest BCUT2D eigenvalue weighted by atomic mass is 10.1. The van der Waals surface area contributed by atoms with Crippen LogP contribution in [0.4, 0.5) is 9.59 Å². The van der Waals surface area contributed by atoms with Gasteiger partial charge in [-0.2, -0.15) is 0 Å². The number of carbonyl (C=O) groups excluding carboxylic acids is 3. The van der Waals surface area contributed by atoms with Crippen LogP contribution in [-0.2, 0) is 20.9 Å². The van der Waals surface area contributed by atoms with Crippen molar-refractivity contribution < 1.29 is 29.0 Å². The molecule has 0 saturated heterocycles. The van der Waals surface area contributed by atoms with Gasteiger partial charge in [0, 0.05) is 6.54 Å². The predicted molar refractivity (Wildman–Crippen MR) is 96.6 cm³/mol. The highest BCUT2D eigenvalue weighted by molar-refractivity contribution is 5.78. The number of benzene rings is 1. The largest absolute Gasteiger partial charge is 0.548 e. The Hall–Kier alpha value is -2.77. The van der Waals surface area contributed by atoms with Crippen LogP contribution in [0, 0.1) is 0 Å². The summed E-state index contributed by atoms with van der Waals surface area (Å²) in [6, 6.07) is 7.89. The van der Waals surface area contributed by atoms with Crippen LogP contribution in [0.2, 0.25) is 0 Å². The molecule has 0 radical (unpaired) electrons. The Kier molecular flexibility index (Phi) is 9.12. The first kappa shape index (κ1) is 22.3. The Bertz CT molecular complexity index is 612. The summed E-state index contributed by atoms with van der Waals surface area (Å²) < 4.78 is 10.1. The van der Waals surface area contributed by atoms with Crippen molar-refractivity contribution in [1.29, 1.82) is 0 Å². The molecule has 0 fully saturated rings. The molecule has 0 saturated carbocycles. The minimum absolute atomic E-state index is 0.0479. The molecule has 0 aliphatic heterocycles. The van der Waals surface area contributed by atoms with Crippen LogP contribution < -0.4 is 15.7 Å². The Morgan fingerprint density at radius 1 is 1.07 bits per heavy atom. The first-order chi connectivity index (χ1) is 12.7. The van der Waals surface area contributed by atoms with Crippen LogP contribution >= 0.6 is 0 Å². The third-order valence-corrected chi connectivity index (χ3v) is 3.38. The van der Waals surface area contributed by atoms with Gasteiger partial charge in [0.15, 0.2) is 0 Å². The number of hydrogen-bond acceptors (Lipinski definition) is 6. The minimum atomic E-state index is -1.38. The van der Waals surface area contributed by atoms with Gasteiger partial charge in [0.25, 0.3) is 0 Å². The van der Waals surface area contributed by atoms with Crippen molar-refractivity contribution >= 4 is 18.2 Å². The third-order valence-electron chi connectivity index (χ3n) is 3.38. The molecule has 8 heteroatoms. The number of nitrogens with one attached hydrogen (secondary N) is 2. The van der Waals surface area contributed by atoms with E-state index >= 15 is 0 Å². The van der Waals surface area contributed by atoms with Gasteiger partial charge in [-0.05, 0) is 45.6 Å². The van der Waals surface area contributed by atoms with Crippen molar-refractivity contribution in [1.82, 2.24) is 10.6 Å². The summed E-state index contributed by atoms with van der Waals surface area (Å²) in [5, 5.41) is 16.0. The fraction of sp³-hybridized carbons (Fsp3) is 0.526.